The topological polar surface area (TPSA) is 67.4 Å². The highest BCUT2D eigenvalue weighted by molar-refractivity contribution is 7.12. The molecule has 0 fully saturated rings. The minimum atomic E-state index is -0.171. The van der Waals surface area contributed by atoms with Crippen LogP contribution in [0.3, 0.4) is 0 Å². The molecular formula is C17H20N2O3S. The molecular weight excluding hydrogens is 312 g/mol. The highest BCUT2D eigenvalue weighted by atomic mass is 32.1. The van der Waals surface area contributed by atoms with Gasteiger partial charge < -0.3 is 15.4 Å². The number of hydrogen-bond donors (Lipinski definition) is 2. The van der Waals surface area contributed by atoms with Crippen LogP contribution in [-0.4, -0.2) is 31.5 Å². The number of benzene rings is 1. The summed E-state index contributed by atoms with van der Waals surface area (Å²) >= 11 is 1.41. The zero-order valence-electron chi connectivity index (χ0n) is 13.0. The maximum atomic E-state index is 11.7. The van der Waals surface area contributed by atoms with Crippen LogP contribution in [0.2, 0.25) is 0 Å². The number of thiophene rings is 1. The van der Waals surface area contributed by atoms with Crippen molar-refractivity contribution in [1.29, 1.82) is 0 Å². The second kappa shape index (κ2) is 8.95. The lowest BCUT2D eigenvalue weighted by molar-refractivity contribution is -0.123. The van der Waals surface area contributed by atoms with Gasteiger partial charge in [0.1, 0.15) is 5.75 Å². The van der Waals surface area contributed by atoms with Crippen molar-refractivity contribution in [3.8, 4) is 5.75 Å². The first-order chi connectivity index (χ1) is 11.1. The molecule has 0 bridgehead atoms. The van der Waals surface area contributed by atoms with Crippen LogP contribution in [0.25, 0.3) is 0 Å². The number of nitrogens with one attached hydrogen (secondary N) is 2. The second-order valence-corrected chi connectivity index (χ2v) is 5.99. The maximum absolute atomic E-state index is 11.7. The largest absolute Gasteiger partial charge is 0.484 e. The molecule has 1 aromatic carbocycles. The summed E-state index contributed by atoms with van der Waals surface area (Å²) in [6, 6.07) is 11.2. The number of amides is 2. The Labute approximate surface area is 139 Å². The zero-order valence-corrected chi connectivity index (χ0v) is 13.8. The smallest absolute Gasteiger partial charge is 0.261 e. The standard InChI is InChI=1S/C17H20N2O3S/c1-13-5-7-14(8-6-13)22-12-16(20)18-9-3-10-19-17(21)15-4-2-11-23-15/h2,4-8,11H,3,9-10,12H2,1H3,(H,18,20)(H,19,21). The SMILES string of the molecule is Cc1ccc(OCC(=O)NCCCNC(=O)c2cccs2)cc1. The molecule has 2 rings (SSSR count). The van der Waals surface area contributed by atoms with Gasteiger partial charge in [-0.25, -0.2) is 0 Å². The van der Waals surface area contributed by atoms with Gasteiger partial charge in [-0.1, -0.05) is 23.8 Å². The fraction of sp³-hybridized carbons (Fsp3) is 0.294. The Morgan fingerprint density at radius 3 is 2.52 bits per heavy atom. The van der Waals surface area contributed by atoms with Crippen molar-refractivity contribution < 1.29 is 14.3 Å². The molecule has 2 aromatic rings. The van der Waals surface area contributed by atoms with E-state index in [4.69, 9.17) is 4.74 Å². The average Bonchev–Trinajstić information content (AvgIpc) is 3.08. The Hall–Kier alpha value is -2.34. The second-order valence-electron chi connectivity index (χ2n) is 5.04. The van der Waals surface area contributed by atoms with Crippen molar-refractivity contribution in [3.63, 3.8) is 0 Å². The average molecular weight is 332 g/mol. The van der Waals surface area contributed by atoms with Crippen molar-refractivity contribution in [1.82, 2.24) is 10.6 Å². The number of carbonyl (C=O) groups excluding carboxylic acids is 2. The summed E-state index contributed by atoms with van der Waals surface area (Å²) in [5, 5.41) is 7.44. The molecule has 5 nitrogen and oxygen atoms in total. The lowest BCUT2D eigenvalue weighted by atomic mass is 10.2. The summed E-state index contributed by atoms with van der Waals surface area (Å²) < 4.78 is 5.39. The van der Waals surface area contributed by atoms with Gasteiger partial charge in [-0.2, -0.15) is 0 Å². The summed E-state index contributed by atoms with van der Waals surface area (Å²) in [5.74, 6) is 0.429. The lowest BCUT2D eigenvalue weighted by Gasteiger charge is -2.08. The van der Waals surface area contributed by atoms with E-state index in [0.717, 1.165) is 5.56 Å². The number of aryl methyl sites for hydroxylation is 1. The van der Waals surface area contributed by atoms with Gasteiger partial charge in [0.2, 0.25) is 0 Å². The number of hydrogen-bond acceptors (Lipinski definition) is 4. The molecule has 0 saturated carbocycles. The van der Waals surface area contributed by atoms with Crippen molar-refractivity contribution in [2.75, 3.05) is 19.7 Å². The molecule has 0 radical (unpaired) electrons. The molecule has 0 aliphatic heterocycles. The first-order valence-electron chi connectivity index (χ1n) is 7.43. The van der Waals surface area contributed by atoms with Gasteiger partial charge in [-0.05, 0) is 36.9 Å². The van der Waals surface area contributed by atoms with Crippen LogP contribution in [0, 0.1) is 6.92 Å². The Morgan fingerprint density at radius 2 is 1.83 bits per heavy atom. The van der Waals surface area contributed by atoms with Crippen molar-refractivity contribution in [2.45, 2.75) is 13.3 Å². The first kappa shape index (κ1) is 17.0. The fourth-order valence-electron chi connectivity index (χ4n) is 1.85. The maximum Gasteiger partial charge on any atom is 0.261 e. The molecule has 23 heavy (non-hydrogen) atoms. The van der Waals surface area contributed by atoms with E-state index < -0.39 is 0 Å². The van der Waals surface area contributed by atoms with E-state index in [0.29, 0.717) is 30.1 Å². The van der Waals surface area contributed by atoms with Gasteiger partial charge >= 0.3 is 0 Å². The lowest BCUT2D eigenvalue weighted by Crippen LogP contribution is -2.32. The molecule has 0 atom stereocenters. The van der Waals surface area contributed by atoms with E-state index in [1.807, 2.05) is 42.6 Å². The summed E-state index contributed by atoms with van der Waals surface area (Å²) in [4.78, 5) is 24.0. The molecule has 0 aliphatic carbocycles. The van der Waals surface area contributed by atoms with Crippen LogP contribution >= 0.6 is 11.3 Å². The van der Waals surface area contributed by atoms with E-state index in [2.05, 4.69) is 10.6 Å². The number of rotatable bonds is 8. The van der Waals surface area contributed by atoms with Crippen LogP contribution in [0.5, 0.6) is 5.75 Å². The van der Waals surface area contributed by atoms with E-state index >= 15 is 0 Å². The molecule has 0 saturated heterocycles. The molecule has 1 aromatic heterocycles. The molecule has 2 N–H and O–H groups in total. The van der Waals surface area contributed by atoms with Gasteiger partial charge in [0.25, 0.3) is 11.8 Å². The molecule has 6 heteroatoms. The summed E-state index contributed by atoms with van der Waals surface area (Å²) in [5.41, 5.74) is 1.14. The third-order valence-corrected chi connectivity index (χ3v) is 3.97. The van der Waals surface area contributed by atoms with E-state index in [-0.39, 0.29) is 18.4 Å². The first-order valence-corrected chi connectivity index (χ1v) is 8.31. The Bertz CT molecular complexity index is 624. The van der Waals surface area contributed by atoms with Gasteiger partial charge in [-0.3, -0.25) is 9.59 Å². The highest BCUT2D eigenvalue weighted by Crippen LogP contribution is 2.10. The Kier molecular flexibility index (Phi) is 6.62. The Morgan fingerprint density at radius 1 is 1.09 bits per heavy atom. The van der Waals surface area contributed by atoms with Crippen LogP contribution in [0.1, 0.15) is 21.7 Å². The third-order valence-electron chi connectivity index (χ3n) is 3.10. The van der Waals surface area contributed by atoms with Crippen molar-refractivity contribution in [2.24, 2.45) is 0 Å². The number of ether oxygens (including phenoxy) is 1. The van der Waals surface area contributed by atoms with E-state index in [1.54, 1.807) is 6.07 Å². The predicted octanol–water partition coefficient (Wildman–Crippen LogP) is 2.37. The number of carbonyl (C=O) groups is 2. The van der Waals surface area contributed by atoms with E-state index in [9.17, 15) is 9.59 Å². The molecule has 0 unspecified atom stereocenters. The zero-order chi connectivity index (χ0) is 16.5. The molecule has 122 valence electrons. The fourth-order valence-corrected chi connectivity index (χ4v) is 2.49. The van der Waals surface area contributed by atoms with Gasteiger partial charge in [0.15, 0.2) is 6.61 Å². The van der Waals surface area contributed by atoms with E-state index in [1.165, 1.54) is 11.3 Å². The van der Waals surface area contributed by atoms with Gasteiger partial charge in [0, 0.05) is 13.1 Å². The van der Waals surface area contributed by atoms with Gasteiger partial charge in [0.05, 0.1) is 4.88 Å². The Balaban J connectivity index is 1.54. The van der Waals surface area contributed by atoms with Crippen molar-refractivity contribution >= 4 is 23.2 Å². The quantitative estimate of drug-likeness (QED) is 0.729. The van der Waals surface area contributed by atoms with Gasteiger partial charge in [-0.15, -0.1) is 11.3 Å². The molecule has 0 aliphatic rings. The minimum Gasteiger partial charge on any atom is -0.484 e. The third kappa shape index (κ3) is 6.12. The summed E-state index contributed by atoms with van der Waals surface area (Å²) in [6.07, 6.45) is 0.674. The normalized spacial score (nSPS) is 10.1. The minimum absolute atomic E-state index is 0.00931. The van der Waals surface area contributed by atoms with Crippen LogP contribution < -0.4 is 15.4 Å². The highest BCUT2D eigenvalue weighted by Gasteiger charge is 2.05. The van der Waals surface area contributed by atoms with Crippen LogP contribution in [0.15, 0.2) is 41.8 Å². The van der Waals surface area contributed by atoms with Crippen LogP contribution in [-0.2, 0) is 4.79 Å². The van der Waals surface area contributed by atoms with Crippen molar-refractivity contribution in [3.05, 3.63) is 52.2 Å². The summed E-state index contributed by atoms with van der Waals surface area (Å²) in [6.45, 7) is 3.01. The molecule has 1 heterocycles. The molecule has 2 amide bonds. The monoisotopic (exact) mass is 332 g/mol. The summed E-state index contributed by atoms with van der Waals surface area (Å²) in [7, 11) is 0. The van der Waals surface area contributed by atoms with Crippen LogP contribution in [0.4, 0.5) is 0 Å². The predicted molar refractivity (Wildman–Crippen MR) is 91.0 cm³/mol. The molecule has 0 spiro atoms.